The molecule has 4 rings (SSSR count). The van der Waals surface area contributed by atoms with Crippen molar-refractivity contribution >= 4 is 35.8 Å². The summed E-state index contributed by atoms with van der Waals surface area (Å²) in [5.41, 5.74) is 1.27. The van der Waals surface area contributed by atoms with Crippen LogP contribution in [-0.2, 0) is 9.53 Å². The van der Waals surface area contributed by atoms with E-state index >= 15 is 0 Å². The minimum Gasteiger partial charge on any atom is -0.493 e. The van der Waals surface area contributed by atoms with Gasteiger partial charge in [-0.1, -0.05) is 18.2 Å². The summed E-state index contributed by atoms with van der Waals surface area (Å²) in [5.74, 6) is 2.80. The van der Waals surface area contributed by atoms with Crippen molar-refractivity contribution in [3.05, 3.63) is 29.8 Å². The first kappa shape index (κ1) is 23.1. The fourth-order valence-electron chi connectivity index (χ4n) is 4.55. The molecule has 1 atom stereocenters. The highest BCUT2D eigenvalue weighted by atomic mass is 127. The molecule has 1 amide bonds. The second kappa shape index (κ2) is 11.2. The number of likely N-dealkylation sites (tertiary alicyclic amines) is 1. The van der Waals surface area contributed by atoms with Gasteiger partial charge in [0.15, 0.2) is 5.96 Å². The monoisotopic (exact) mass is 528 g/mol. The van der Waals surface area contributed by atoms with E-state index in [1.54, 1.807) is 0 Å². The highest BCUT2D eigenvalue weighted by Crippen LogP contribution is 2.32. The topological polar surface area (TPSA) is 66.4 Å². The third kappa shape index (κ3) is 5.38. The van der Waals surface area contributed by atoms with Gasteiger partial charge >= 0.3 is 0 Å². The molecule has 2 fully saturated rings. The Morgan fingerprint density at radius 3 is 2.53 bits per heavy atom. The molecule has 0 radical (unpaired) electrons. The van der Waals surface area contributed by atoms with Gasteiger partial charge in [0, 0.05) is 51.6 Å². The normalized spacial score (nSPS) is 22.6. The number of rotatable bonds is 3. The molecule has 0 aliphatic carbocycles. The van der Waals surface area contributed by atoms with Gasteiger partial charge in [-0.25, -0.2) is 0 Å². The number of carbonyl (C=O) groups excluding carboxylic acids is 1. The Bertz CT molecular complexity index is 731. The summed E-state index contributed by atoms with van der Waals surface area (Å²) < 4.78 is 11.1. The van der Waals surface area contributed by atoms with Crippen molar-refractivity contribution in [2.75, 3.05) is 59.6 Å². The second-order valence-electron chi connectivity index (χ2n) is 8.00. The van der Waals surface area contributed by atoms with Gasteiger partial charge in [0.2, 0.25) is 5.91 Å². The lowest BCUT2D eigenvalue weighted by molar-refractivity contribution is -0.140. The van der Waals surface area contributed by atoms with Crippen molar-refractivity contribution in [1.29, 1.82) is 0 Å². The Hall–Kier alpha value is -1.55. The molecule has 7 nitrogen and oxygen atoms in total. The van der Waals surface area contributed by atoms with Gasteiger partial charge in [-0.15, -0.1) is 24.0 Å². The average molecular weight is 528 g/mol. The standard InChI is InChI=1S/C22H32N4O3.HI/c1-23-22(24-16-18-8-13-29-20-5-3-2-4-19(18)20)26-9-6-17(7-10-26)21(27)25-11-14-28-15-12-25;/h2-5,17-18H,6-16H2,1H3,(H,23,24);1H. The molecule has 1 aromatic carbocycles. The maximum Gasteiger partial charge on any atom is 0.225 e. The maximum absolute atomic E-state index is 12.7. The van der Waals surface area contributed by atoms with Crippen molar-refractivity contribution in [3.63, 3.8) is 0 Å². The number of amides is 1. The predicted octanol–water partition coefficient (Wildman–Crippen LogP) is 2.32. The van der Waals surface area contributed by atoms with E-state index in [4.69, 9.17) is 9.47 Å². The zero-order valence-corrected chi connectivity index (χ0v) is 20.0. The molecule has 2 saturated heterocycles. The smallest absolute Gasteiger partial charge is 0.225 e. The van der Waals surface area contributed by atoms with Gasteiger partial charge < -0.3 is 24.6 Å². The minimum atomic E-state index is 0. The molecule has 3 aliphatic heterocycles. The van der Waals surface area contributed by atoms with Crippen molar-refractivity contribution in [3.8, 4) is 5.75 Å². The van der Waals surface area contributed by atoms with Gasteiger partial charge in [0.1, 0.15) is 5.75 Å². The lowest BCUT2D eigenvalue weighted by Crippen LogP contribution is -2.50. The van der Waals surface area contributed by atoms with E-state index in [1.165, 1.54) is 5.56 Å². The second-order valence-corrected chi connectivity index (χ2v) is 8.00. The van der Waals surface area contributed by atoms with Gasteiger partial charge in [0.25, 0.3) is 0 Å². The maximum atomic E-state index is 12.7. The van der Waals surface area contributed by atoms with Crippen LogP contribution in [0.25, 0.3) is 0 Å². The Morgan fingerprint density at radius 2 is 1.80 bits per heavy atom. The fraction of sp³-hybridized carbons (Fsp3) is 0.636. The molecule has 1 unspecified atom stereocenters. The molecule has 1 aromatic rings. The number of ether oxygens (including phenoxy) is 2. The average Bonchev–Trinajstić information content (AvgIpc) is 2.80. The molecule has 0 bridgehead atoms. The number of halogens is 1. The van der Waals surface area contributed by atoms with Gasteiger partial charge in [0.05, 0.1) is 19.8 Å². The lowest BCUT2D eigenvalue weighted by Gasteiger charge is -2.37. The Morgan fingerprint density at radius 1 is 1.07 bits per heavy atom. The number of benzene rings is 1. The van der Waals surface area contributed by atoms with Crippen LogP contribution in [0.3, 0.4) is 0 Å². The molecule has 3 heterocycles. The van der Waals surface area contributed by atoms with Gasteiger partial charge in [-0.3, -0.25) is 9.79 Å². The summed E-state index contributed by atoms with van der Waals surface area (Å²) in [6.07, 6.45) is 2.78. The molecule has 0 aromatic heterocycles. The van der Waals surface area contributed by atoms with Gasteiger partial charge in [-0.05, 0) is 30.9 Å². The van der Waals surface area contributed by atoms with E-state index in [0.29, 0.717) is 25.0 Å². The molecular formula is C22H33IN4O3. The molecule has 0 saturated carbocycles. The molecular weight excluding hydrogens is 495 g/mol. The number of piperidine rings is 1. The Labute approximate surface area is 196 Å². The number of morpholine rings is 1. The quantitative estimate of drug-likeness (QED) is 0.371. The largest absolute Gasteiger partial charge is 0.493 e. The van der Waals surface area contributed by atoms with Crippen molar-refractivity contribution < 1.29 is 14.3 Å². The first-order chi connectivity index (χ1) is 14.3. The first-order valence-corrected chi connectivity index (χ1v) is 10.8. The number of hydrogen-bond donors (Lipinski definition) is 1. The van der Waals surface area contributed by atoms with Crippen LogP contribution in [0, 0.1) is 5.92 Å². The van der Waals surface area contributed by atoms with E-state index < -0.39 is 0 Å². The van der Waals surface area contributed by atoms with E-state index in [-0.39, 0.29) is 29.9 Å². The molecule has 1 N–H and O–H groups in total. The summed E-state index contributed by atoms with van der Waals surface area (Å²) in [6.45, 7) is 6.13. The summed E-state index contributed by atoms with van der Waals surface area (Å²) in [6, 6.07) is 8.31. The van der Waals surface area contributed by atoms with Crippen LogP contribution in [-0.4, -0.2) is 81.3 Å². The third-order valence-electron chi connectivity index (χ3n) is 6.27. The number of aliphatic imine (C=N–C) groups is 1. The van der Waals surface area contributed by atoms with Crippen LogP contribution in [0.4, 0.5) is 0 Å². The predicted molar refractivity (Wildman–Crippen MR) is 128 cm³/mol. The van der Waals surface area contributed by atoms with E-state index in [2.05, 4.69) is 27.3 Å². The number of hydrogen-bond acceptors (Lipinski definition) is 4. The number of nitrogens with one attached hydrogen (secondary N) is 1. The summed E-state index contributed by atoms with van der Waals surface area (Å²) in [4.78, 5) is 21.5. The first-order valence-electron chi connectivity index (χ1n) is 10.8. The van der Waals surface area contributed by atoms with Crippen LogP contribution >= 0.6 is 24.0 Å². The number of carbonyl (C=O) groups is 1. The van der Waals surface area contributed by atoms with E-state index in [1.807, 2.05) is 24.1 Å². The lowest BCUT2D eigenvalue weighted by atomic mass is 9.93. The van der Waals surface area contributed by atoms with E-state index in [9.17, 15) is 4.79 Å². The highest BCUT2D eigenvalue weighted by Gasteiger charge is 2.30. The third-order valence-corrected chi connectivity index (χ3v) is 6.27. The summed E-state index contributed by atoms with van der Waals surface area (Å²) in [7, 11) is 1.84. The van der Waals surface area contributed by atoms with E-state index in [0.717, 1.165) is 70.3 Å². The highest BCUT2D eigenvalue weighted by molar-refractivity contribution is 14.0. The van der Waals surface area contributed by atoms with Crippen LogP contribution in [0.1, 0.15) is 30.7 Å². The van der Waals surface area contributed by atoms with Crippen molar-refractivity contribution in [1.82, 2.24) is 15.1 Å². The SMILES string of the molecule is CN=C(NCC1CCOc2ccccc21)N1CCC(C(=O)N2CCOCC2)CC1.I. The summed E-state index contributed by atoms with van der Waals surface area (Å²) in [5, 5.41) is 3.57. The minimum absolute atomic E-state index is 0. The number of nitrogens with zero attached hydrogens (tertiary/aromatic N) is 3. The number of guanidine groups is 1. The van der Waals surface area contributed by atoms with Crippen LogP contribution in [0.15, 0.2) is 29.3 Å². The zero-order chi connectivity index (χ0) is 20.1. The van der Waals surface area contributed by atoms with Crippen LogP contribution in [0.5, 0.6) is 5.75 Å². The number of para-hydroxylation sites is 1. The van der Waals surface area contributed by atoms with Crippen molar-refractivity contribution in [2.24, 2.45) is 10.9 Å². The van der Waals surface area contributed by atoms with Crippen molar-refractivity contribution in [2.45, 2.75) is 25.2 Å². The molecule has 30 heavy (non-hydrogen) atoms. The molecule has 8 heteroatoms. The molecule has 166 valence electrons. The Kier molecular flexibility index (Phi) is 8.61. The van der Waals surface area contributed by atoms with Crippen LogP contribution < -0.4 is 10.1 Å². The van der Waals surface area contributed by atoms with Gasteiger partial charge in [-0.2, -0.15) is 0 Å². The Balaban J connectivity index is 0.00000256. The zero-order valence-electron chi connectivity index (χ0n) is 17.7. The molecule has 3 aliphatic rings. The fourth-order valence-corrected chi connectivity index (χ4v) is 4.55. The summed E-state index contributed by atoms with van der Waals surface area (Å²) >= 11 is 0. The van der Waals surface area contributed by atoms with Crippen LogP contribution in [0.2, 0.25) is 0 Å². The number of fused-ring (bicyclic) bond motifs is 1. The molecule has 0 spiro atoms.